The monoisotopic (exact) mass is 305 g/mol. The zero-order chi connectivity index (χ0) is 12.3. The van der Waals surface area contributed by atoms with Gasteiger partial charge in [0.15, 0.2) is 6.29 Å². The molecule has 4 nitrogen and oxygen atoms in total. The van der Waals surface area contributed by atoms with Crippen LogP contribution in [0.3, 0.4) is 0 Å². The quantitative estimate of drug-likeness (QED) is 0.848. The van der Waals surface area contributed by atoms with Crippen molar-refractivity contribution in [3.63, 3.8) is 0 Å². The average Bonchev–Trinajstić information content (AvgIpc) is 2.42. The number of aldehydes is 1. The van der Waals surface area contributed by atoms with Crippen LogP contribution >= 0.6 is 27.3 Å². The van der Waals surface area contributed by atoms with E-state index in [1.165, 1.54) is 11.3 Å². The summed E-state index contributed by atoms with van der Waals surface area (Å²) in [6.07, 6.45) is 0.128. The lowest BCUT2D eigenvalue weighted by Gasteiger charge is -2.19. The minimum atomic E-state index is -0.569. The molecule has 0 aliphatic heterocycles. The van der Waals surface area contributed by atoms with Gasteiger partial charge in [-0.3, -0.25) is 10.1 Å². The Hall–Kier alpha value is -0.880. The molecule has 0 bridgehead atoms. The van der Waals surface area contributed by atoms with E-state index in [-0.39, 0.29) is 0 Å². The second kappa shape index (κ2) is 4.97. The molecule has 0 aromatic carbocycles. The fourth-order valence-corrected chi connectivity index (χ4v) is 2.38. The highest BCUT2D eigenvalue weighted by molar-refractivity contribution is 9.11. The largest absolute Gasteiger partial charge is 0.444 e. The highest BCUT2D eigenvalue weighted by Crippen LogP contribution is 2.30. The van der Waals surface area contributed by atoms with E-state index in [9.17, 15) is 9.59 Å². The number of nitrogens with one attached hydrogen (secondary N) is 1. The molecule has 1 aromatic heterocycles. The van der Waals surface area contributed by atoms with Crippen molar-refractivity contribution in [2.45, 2.75) is 26.4 Å². The van der Waals surface area contributed by atoms with Gasteiger partial charge in [-0.15, -0.1) is 11.3 Å². The smallest absolute Gasteiger partial charge is 0.412 e. The van der Waals surface area contributed by atoms with Gasteiger partial charge >= 0.3 is 6.09 Å². The normalized spacial score (nSPS) is 11.0. The van der Waals surface area contributed by atoms with Crippen LogP contribution in [0.2, 0.25) is 0 Å². The van der Waals surface area contributed by atoms with Crippen LogP contribution in [-0.2, 0) is 4.74 Å². The Kier molecular flexibility index (Phi) is 4.09. The topological polar surface area (TPSA) is 55.4 Å². The van der Waals surface area contributed by atoms with Gasteiger partial charge < -0.3 is 4.74 Å². The minimum Gasteiger partial charge on any atom is -0.444 e. The summed E-state index contributed by atoms with van der Waals surface area (Å²) in [6.45, 7) is 5.32. The van der Waals surface area contributed by atoms with Crippen molar-refractivity contribution >= 4 is 45.3 Å². The number of anilines is 1. The molecule has 1 N–H and O–H groups in total. The maximum atomic E-state index is 11.4. The molecule has 1 amide bonds. The van der Waals surface area contributed by atoms with E-state index in [1.807, 2.05) is 0 Å². The molecule has 6 heteroatoms. The standard InChI is InChI=1S/C10H12BrNO3S/c1-10(2,3)15-9(14)12-6-4-8(11)16-7(6)5-13/h4-5H,1-3H3,(H,12,14). The third-order valence-corrected chi connectivity index (χ3v) is 3.04. The summed E-state index contributed by atoms with van der Waals surface area (Å²) >= 11 is 4.50. The molecule has 0 spiro atoms. The lowest BCUT2D eigenvalue weighted by atomic mass is 10.2. The number of carbonyl (C=O) groups is 2. The molecule has 1 heterocycles. The first-order chi connectivity index (χ1) is 7.31. The molecule has 0 saturated carbocycles. The molecule has 0 fully saturated rings. The van der Waals surface area contributed by atoms with E-state index in [0.29, 0.717) is 16.9 Å². The van der Waals surface area contributed by atoms with Crippen molar-refractivity contribution in [2.75, 3.05) is 5.32 Å². The van der Waals surface area contributed by atoms with E-state index < -0.39 is 11.7 Å². The summed E-state index contributed by atoms with van der Waals surface area (Å²) in [5.74, 6) is 0. The van der Waals surface area contributed by atoms with Crippen molar-refractivity contribution < 1.29 is 14.3 Å². The Morgan fingerprint density at radius 2 is 2.19 bits per heavy atom. The molecule has 0 aliphatic carbocycles. The SMILES string of the molecule is CC(C)(C)OC(=O)Nc1cc(Br)sc1C=O. The first kappa shape index (κ1) is 13.2. The fourth-order valence-electron chi connectivity index (χ4n) is 0.973. The van der Waals surface area contributed by atoms with E-state index in [1.54, 1.807) is 26.8 Å². The van der Waals surface area contributed by atoms with Crippen molar-refractivity contribution in [3.8, 4) is 0 Å². The Bertz CT molecular complexity index is 409. The van der Waals surface area contributed by atoms with Gasteiger partial charge in [-0.25, -0.2) is 4.79 Å². The van der Waals surface area contributed by atoms with E-state index in [4.69, 9.17) is 4.74 Å². The zero-order valence-corrected chi connectivity index (χ0v) is 11.6. The Balaban J connectivity index is 2.73. The van der Waals surface area contributed by atoms with E-state index in [2.05, 4.69) is 21.2 Å². The second-order valence-electron chi connectivity index (χ2n) is 4.07. The molecule has 0 radical (unpaired) electrons. The molecule has 0 aliphatic rings. The number of halogens is 1. The van der Waals surface area contributed by atoms with Crippen LogP contribution in [0.4, 0.5) is 10.5 Å². The number of rotatable bonds is 2. The number of amides is 1. The van der Waals surface area contributed by atoms with Crippen LogP contribution in [0.1, 0.15) is 30.4 Å². The highest BCUT2D eigenvalue weighted by Gasteiger charge is 2.18. The van der Waals surface area contributed by atoms with Crippen LogP contribution in [0.15, 0.2) is 9.85 Å². The highest BCUT2D eigenvalue weighted by atomic mass is 79.9. The van der Waals surface area contributed by atoms with Gasteiger partial charge in [0.2, 0.25) is 0 Å². The number of thiophene rings is 1. The van der Waals surface area contributed by atoms with Crippen molar-refractivity contribution in [1.82, 2.24) is 0 Å². The molecule has 0 saturated heterocycles. The van der Waals surface area contributed by atoms with Crippen molar-refractivity contribution in [2.24, 2.45) is 0 Å². The van der Waals surface area contributed by atoms with Crippen molar-refractivity contribution in [1.29, 1.82) is 0 Å². The Morgan fingerprint density at radius 3 is 2.69 bits per heavy atom. The van der Waals surface area contributed by atoms with Gasteiger partial charge in [0, 0.05) is 0 Å². The van der Waals surface area contributed by atoms with Gasteiger partial charge in [-0.05, 0) is 42.8 Å². The average molecular weight is 306 g/mol. The second-order valence-corrected chi connectivity index (χ2v) is 6.54. The maximum Gasteiger partial charge on any atom is 0.412 e. The summed E-state index contributed by atoms with van der Waals surface area (Å²) in [6, 6.07) is 1.66. The summed E-state index contributed by atoms with van der Waals surface area (Å²) in [5.41, 5.74) is -0.0975. The van der Waals surface area contributed by atoms with Crippen LogP contribution in [0.5, 0.6) is 0 Å². The first-order valence-electron chi connectivity index (χ1n) is 4.56. The predicted molar refractivity (Wildman–Crippen MR) is 67.3 cm³/mol. The van der Waals surface area contributed by atoms with Gasteiger partial charge in [0.25, 0.3) is 0 Å². The van der Waals surface area contributed by atoms with Gasteiger partial charge in [0.1, 0.15) is 5.60 Å². The van der Waals surface area contributed by atoms with Gasteiger partial charge in [-0.1, -0.05) is 0 Å². The summed E-state index contributed by atoms with van der Waals surface area (Å²) in [5, 5.41) is 2.53. The predicted octanol–water partition coefficient (Wildman–Crippen LogP) is 3.67. The molecular formula is C10H12BrNO3S. The van der Waals surface area contributed by atoms with Gasteiger partial charge in [0.05, 0.1) is 14.4 Å². The van der Waals surface area contributed by atoms with Crippen LogP contribution in [-0.4, -0.2) is 18.0 Å². The Labute approximate surface area is 106 Å². The summed E-state index contributed by atoms with van der Waals surface area (Å²) in [7, 11) is 0. The number of hydrogen-bond acceptors (Lipinski definition) is 4. The lowest BCUT2D eigenvalue weighted by Crippen LogP contribution is -2.27. The Morgan fingerprint density at radius 1 is 1.56 bits per heavy atom. The molecule has 88 valence electrons. The van der Waals surface area contributed by atoms with Crippen LogP contribution in [0.25, 0.3) is 0 Å². The molecule has 0 atom stereocenters. The summed E-state index contributed by atoms with van der Waals surface area (Å²) in [4.78, 5) is 22.6. The maximum absolute atomic E-state index is 11.4. The fraction of sp³-hybridized carbons (Fsp3) is 0.400. The lowest BCUT2D eigenvalue weighted by molar-refractivity contribution is 0.0636. The van der Waals surface area contributed by atoms with E-state index in [0.717, 1.165) is 3.79 Å². The van der Waals surface area contributed by atoms with Crippen molar-refractivity contribution in [3.05, 3.63) is 14.7 Å². The summed E-state index contributed by atoms with van der Waals surface area (Å²) < 4.78 is 5.85. The molecule has 16 heavy (non-hydrogen) atoms. The molecule has 0 unspecified atom stereocenters. The number of carbonyl (C=O) groups excluding carboxylic acids is 2. The zero-order valence-electron chi connectivity index (χ0n) is 9.17. The molecular weight excluding hydrogens is 294 g/mol. The van der Waals surface area contributed by atoms with E-state index >= 15 is 0 Å². The first-order valence-corrected chi connectivity index (χ1v) is 6.17. The third-order valence-electron chi connectivity index (χ3n) is 1.47. The van der Waals surface area contributed by atoms with Crippen LogP contribution in [0, 0.1) is 0 Å². The number of ether oxygens (including phenoxy) is 1. The minimum absolute atomic E-state index is 0.456. The third kappa shape index (κ3) is 3.94. The van der Waals surface area contributed by atoms with Crippen LogP contribution < -0.4 is 5.32 Å². The number of hydrogen-bond donors (Lipinski definition) is 1. The molecule has 1 aromatic rings. The molecule has 1 rings (SSSR count). The van der Waals surface area contributed by atoms with Gasteiger partial charge in [-0.2, -0.15) is 0 Å².